The van der Waals surface area contributed by atoms with E-state index in [1.54, 1.807) is 19.2 Å². The summed E-state index contributed by atoms with van der Waals surface area (Å²) in [5.74, 6) is 1.43. The van der Waals surface area contributed by atoms with Crippen LogP contribution >= 0.6 is 0 Å². The zero-order chi connectivity index (χ0) is 21.1. The Labute approximate surface area is 177 Å². The SMILES string of the molecule is COc1ccc(-c2ccc(C(=O)Nc3ccc(N4CCC(N(C)C)C4)cc3)o2)cc1. The molecule has 0 spiro atoms. The molecule has 0 saturated carbocycles. The average Bonchev–Trinajstić information content (AvgIpc) is 3.45. The van der Waals surface area contributed by atoms with E-state index in [4.69, 9.17) is 9.15 Å². The molecule has 4 rings (SSSR count). The highest BCUT2D eigenvalue weighted by Crippen LogP contribution is 2.26. The minimum atomic E-state index is -0.267. The standard InChI is InChI=1S/C24H27N3O3/c1-26(2)20-14-15-27(16-20)19-8-6-18(7-9-19)25-24(28)23-13-12-22(30-23)17-4-10-21(29-3)11-5-17/h4-13,20H,14-16H2,1-3H3,(H,25,28). The van der Waals surface area contributed by atoms with Crippen molar-refractivity contribution in [1.82, 2.24) is 4.90 Å². The van der Waals surface area contributed by atoms with Crippen molar-refractivity contribution in [2.75, 3.05) is 44.5 Å². The zero-order valence-electron chi connectivity index (χ0n) is 17.6. The Morgan fingerprint density at radius 3 is 2.43 bits per heavy atom. The second kappa shape index (κ2) is 8.63. The summed E-state index contributed by atoms with van der Waals surface area (Å²) in [4.78, 5) is 17.2. The van der Waals surface area contributed by atoms with E-state index in [2.05, 4.69) is 41.3 Å². The van der Waals surface area contributed by atoms with Crippen molar-refractivity contribution in [2.45, 2.75) is 12.5 Å². The number of carbonyl (C=O) groups is 1. The average molecular weight is 405 g/mol. The number of carbonyl (C=O) groups excluding carboxylic acids is 1. The van der Waals surface area contributed by atoms with Gasteiger partial charge in [-0.25, -0.2) is 0 Å². The summed E-state index contributed by atoms with van der Waals surface area (Å²) in [6.07, 6.45) is 1.17. The van der Waals surface area contributed by atoms with Gasteiger partial charge in [-0.3, -0.25) is 4.79 Å². The van der Waals surface area contributed by atoms with E-state index >= 15 is 0 Å². The van der Waals surface area contributed by atoms with Gasteiger partial charge in [0.05, 0.1) is 7.11 Å². The number of likely N-dealkylation sites (N-methyl/N-ethyl adjacent to an activating group) is 1. The molecule has 1 saturated heterocycles. The van der Waals surface area contributed by atoms with Gasteiger partial charge in [-0.1, -0.05) is 0 Å². The third kappa shape index (κ3) is 4.33. The fraction of sp³-hybridized carbons (Fsp3) is 0.292. The minimum absolute atomic E-state index is 0.267. The molecule has 0 bridgehead atoms. The second-order valence-electron chi connectivity index (χ2n) is 7.75. The number of furan rings is 1. The van der Waals surface area contributed by atoms with Crippen molar-refractivity contribution in [1.29, 1.82) is 0 Å². The van der Waals surface area contributed by atoms with Crippen LogP contribution in [-0.4, -0.2) is 51.1 Å². The van der Waals surface area contributed by atoms with Crippen molar-refractivity contribution >= 4 is 17.3 Å². The molecular weight excluding hydrogens is 378 g/mol. The van der Waals surface area contributed by atoms with Crippen LogP contribution in [0.3, 0.4) is 0 Å². The molecule has 1 atom stereocenters. The molecule has 3 aromatic rings. The molecule has 6 heteroatoms. The first-order valence-electron chi connectivity index (χ1n) is 10.1. The fourth-order valence-corrected chi connectivity index (χ4v) is 3.72. The summed E-state index contributed by atoms with van der Waals surface area (Å²) in [6.45, 7) is 2.08. The topological polar surface area (TPSA) is 58.0 Å². The maximum atomic E-state index is 12.6. The van der Waals surface area contributed by atoms with Crippen molar-refractivity contribution in [3.05, 3.63) is 66.4 Å². The van der Waals surface area contributed by atoms with Crippen molar-refractivity contribution in [2.24, 2.45) is 0 Å². The quantitative estimate of drug-likeness (QED) is 0.661. The van der Waals surface area contributed by atoms with Gasteiger partial charge in [0.1, 0.15) is 11.5 Å². The van der Waals surface area contributed by atoms with Gasteiger partial charge < -0.3 is 24.3 Å². The number of rotatable bonds is 6. The molecule has 1 fully saturated rings. The Hall–Kier alpha value is -3.25. The lowest BCUT2D eigenvalue weighted by molar-refractivity contribution is 0.0997. The Morgan fingerprint density at radius 2 is 1.80 bits per heavy atom. The minimum Gasteiger partial charge on any atom is -0.497 e. The smallest absolute Gasteiger partial charge is 0.291 e. The molecule has 2 heterocycles. The van der Waals surface area contributed by atoms with Gasteiger partial charge in [-0.15, -0.1) is 0 Å². The van der Waals surface area contributed by atoms with E-state index in [1.165, 1.54) is 12.1 Å². The molecule has 1 amide bonds. The number of nitrogens with zero attached hydrogens (tertiary/aromatic N) is 2. The van der Waals surface area contributed by atoms with Gasteiger partial charge in [-0.05, 0) is 81.2 Å². The summed E-state index contributed by atoms with van der Waals surface area (Å²) in [7, 11) is 5.88. The molecule has 30 heavy (non-hydrogen) atoms. The predicted octanol–water partition coefficient (Wildman–Crippen LogP) is 4.35. The highest BCUT2D eigenvalue weighted by Gasteiger charge is 2.24. The molecule has 156 valence electrons. The number of amides is 1. The number of hydrogen-bond donors (Lipinski definition) is 1. The van der Waals surface area contributed by atoms with Gasteiger partial charge in [0.15, 0.2) is 5.76 Å². The molecular formula is C24H27N3O3. The van der Waals surface area contributed by atoms with E-state index in [0.29, 0.717) is 11.8 Å². The van der Waals surface area contributed by atoms with Crippen LogP contribution in [0, 0.1) is 0 Å². The number of nitrogens with one attached hydrogen (secondary N) is 1. The molecule has 1 aliphatic heterocycles. The summed E-state index contributed by atoms with van der Waals surface area (Å²) in [6, 6.07) is 19.6. The lowest BCUT2D eigenvalue weighted by Crippen LogP contribution is -2.31. The van der Waals surface area contributed by atoms with E-state index in [-0.39, 0.29) is 11.7 Å². The molecule has 1 N–H and O–H groups in total. The predicted molar refractivity (Wildman–Crippen MR) is 119 cm³/mol. The van der Waals surface area contributed by atoms with Crippen LogP contribution in [0.2, 0.25) is 0 Å². The first-order valence-corrected chi connectivity index (χ1v) is 10.1. The van der Waals surface area contributed by atoms with Gasteiger partial charge >= 0.3 is 0 Å². The van der Waals surface area contributed by atoms with E-state index in [0.717, 1.165) is 30.1 Å². The van der Waals surface area contributed by atoms with Crippen molar-refractivity contribution < 1.29 is 13.9 Å². The van der Waals surface area contributed by atoms with Gasteiger partial charge in [0, 0.05) is 36.1 Å². The number of hydrogen-bond acceptors (Lipinski definition) is 5. The van der Waals surface area contributed by atoms with Crippen LogP contribution in [0.5, 0.6) is 5.75 Å². The zero-order valence-corrected chi connectivity index (χ0v) is 17.6. The van der Waals surface area contributed by atoms with Crippen molar-refractivity contribution in [3.8, 4) is 17.1 Å². The molecule has 0 radical (unpaired) electrons. The van der Waals surface area contributed by atoms with E-state index in [1.807, 2.05) is 36.4 Å². The Bertz CT molecular complexity index is 993. The largest absolute Gasteiger partial charge is 0.497 e. The van der Waals surface area contributed by atoms with Gasteiger partial charge in [0.25, 0.3) is 5.91 Å². The first kappa shape index (κ1) is 20.0. The van der Waals surface area contributed by atoms with Crippen LogP contribution in [0.15, 0.2) is 65.1 Å². The van der Waals surface area contributed by atoms with Crippen LogP contribution in [0.4, 0.5) is 11.4 Å². The maximum Gasteiger partial charge on any atom is 0.291 e. The fourth-order valence-electron chi connectivity index (χ4n) is 3.72. The number of ether oxygens (including phenoxy) is 1. The van der Waals surface area contributed by atoms with Crippen LogP contribution < -0.4 is 15.0 Å². The Morgan fingerprint density at radius 1 is 1.07 bits per heavy atom. The molecule has 1 aliphatic rings. The van der Waals surface area contributed by atoms with E-state index in [9.17, 15) is 4.79 Å². The normalized spacial score (nSPS) is 16.1. The van der Waals surface area contributed by atoms with Crippen LogP contribution in [0.1, 0.15) is 17.0 Å². The third-order valence-corrected chi connectivity index (χ3v) is 5.59. The van der Waals surface area contributed by atoms with E-state index < -0.39 is 0 Å². The lowest BCUT2D eigenvalue weighted by Gasteiger charge is -2.22. The lowest BCUT2D eigenvalue weighted by atomic mass is 10.2. The number of benzene rings is 2. The van der Waals surface area contributed by atoms with Gasteiger partial charge in [0.2, 0.25) is 0 Å². The summed E-state index contributed by atoms with van der Waals surface area (Å²) in [5.41, 5.74) is 2.81. The van der Waals surface area contributed by atoms with Gasteiger partial charge in [-0.2, -0.15) is 0 Å². The summed E-state index contributed by atoms with van der Waals surface area (Å²) in [5, 5.41) is 2.91. The first-order chi connectivity index (χ1) is 14.5. The molecule has 1 unspecified atom stereocenters. The maximum absolute atomic E-state index is 12.6. The number of anilines is 2. The Kier molecular flexibility index (Phi) is 5.77. The highest BCUT2D eigenvalue weighted by atomic mass is 16.5. The molecule has 1 aromatic heterocycles. The monoisotopic (exact) mass is 405 g/mol. The molecule has 6 nitrogen and oxygen atoms in total. The molecule has 0 aliphatic carbocycles. The third-order valence-electron chi connectivity index (χ3n) is 5.59. The number of methoxy groups -OCH3 is 1. The highest BCUT2D eigenvalue weighted by molar-refractivity contribution is 6.02. The summed E-state index contributed by atoms with van der Waals surface area (Å²) >= 11 is 0. The Balaban J connectivity index is 1.39. The van der Waals surface area contributed by atoms with Crippen LogP contribution in [-0.2, 0) is 0 Å². The van der Waals surface area contributed by atoms with Crippen molar-refractivity contribution in [3.63, 3.8) is 0 Å². The second-order valence-corrected chi connectivity index (χ2v) is 7.75. The van der Waals surface area contributed by atoms with Crippen LogP contribution in [0.25, 0.3) is 11.3 Å². The molecule has 2 aromatic carbocycles. The summed E-state index contributed by atoms with van der Waals surface area (Å²) < 4.78 is 10.9.